The Morgan fingerprint density at radius 1 is 1.42 bits per heavy atom. The van der Waals surface area contributed by atoms with Gasteiger partial charge in [0.2, 0.25) is 0 Å². The highest BCUT2D eigenvalue weighted by Gasteiger charge is 2.15. The minimum atomic E-state index is 0.471. The standard InChI is InChI=1S/C15H21ClN2S/c1-11-4-5-14-13(10-11)17-15(6-8-16)18(14)12(2)7-9-19-3/h4-5,10,12H,6-9H2,1-3H3. The molecule has 0 radical (unpaired) electrons. The number of hydrogen-bond donors (Lipinski definition) is 0. The minimum absolute atomic E-state index is 0.471. The Morgan fingerprint density at radius 3 is 2.89 bits per heavy atom. The number of nitrogens with zero attached hydrogens (tertiary/aromatic N) is 2. The molecule has 1 atom stereocenters. The van der Waals surface area contributed by atoms with Gasteiger partial charge in [-0.15, -0.1) is 11.6 Å². The van der Waals surface area contributed by atoms with Crippen molar-refractivity contribution >= 4 is 34.4 Å². The van der Waals surface area contributed by atoms with E-state index in [1.807, 2.05) is 11.8 Å². The van der Waals surface area contributed by atoms with Crippen LogP contribution in [0.1, 0.15) is 30.8 Å². The van der Waals surface area contributed by atoms with E-state index in [0.717, 1.165) is 24.2 Å². The predicted octanol–water partition coefficient (Wildman–Crippen LogP) is 4.44. The summed E-state index contributed by atoms with van der Waals surface area (Å²) in [6, 6.07) is 6.97. The fraction of sp³-hybridized carbons (Fsp3) is 0.533. The maximum atomic E-state index is 5.92. The number of aryl methyl sites for hydroxylation is 2. The van der Waals surface area contributed by atoms with E-state index in [1.54, 1.807) is 0 Å². The molecular formula is C15H21ClN2S. The van der Waals surface area contributed by atoms with Crippen molar-refractivity contribution in [2.45, 2.75) is 32.7 Å². The first-order valence-corrected chi connectivity index (χ1v) is 8.62. The van der Waals surface area contributed by atoms with Gasteiger partial charge in [-0.25, -0.2) is 4.98 Å². The summed E-state index contributed by atoms with van der Waals surface area (Å²) in [5, 5.41) is 0. The lowest BCUT2D eigenvalue weighted by Crippen LogP contribution is -2.10. The Labute approximate surface area is 124 Å². The van der Waals surface area contributed by atoms with Crippen molar-refractivity contribution < 1.29 is 0 Å². The van der Waals surface area contributed by atoms with Crippen molar-refractivity contribution in [1.82, 2.24) is 9.55 Å². The van der Waals surface area contributed by atoms with Crippen molar-refractivity contribution in [3.8, 4) is 0 Å². The normalized spacial score (nSPS) is 13.1. The van der Waals surface area contributed by atoms with Crippen LogP contribution in [0.3, 0.4) is 0 Å². The van der Waals surface area contributed by atoms with E-state index in [-0.39, 0.29) is 0 Å². The third-order valence-corrected chi connectivity index (χ3v) is 4.25. The molecule has 2 nitrogen and oxygen atoms in total. The molecule has 1 aromatic heterocycles. The van der Waals surface area contributed by atoms with Crippen molar-refractivity contribution in [3.63, 3.8) is 0 Å². The number of rotatable bonds is 6. The summed E-state index contributed by atoms with van der Waals surface area (Å²) in [5.41, 5.74) is 3.58. The summed E-state index contributed by atoms with van der Waals surface area (Å²) in [4.78, 5) is 4.76. The van der Waals surface area contributed by atoms with Crippen LogP contribution in [0.5, 0.6) is 0 Å². The Morgan fingerprint density at radius 2 is 2.21 bits per heavy atom. The van der Waals surface area contributed by atoms with Crippen LogP contribution in [0, 0.1) is 6.92 Å². The average molecular weight is 297 g/mol. The second kappa shape index (κ2) is 6.67. The molecule has 0 aliphatic heterocycles. The molecule has 2 aromatic rings. The number of imidazole rings is 1. The number of fused-ring (bicyclic) bond motifs is 1. The van der Waals surface area contributed by atoms with Gasteiger partial charge in [-0.1, -0.05) is 6.07 Å². The molecule has 0 fully saturated rings. The Kier molecular flexibility index (Phi) is 5.17. The second-order valence-electron chi connectivity index (χ2n) is 4.96. The molecule has 2 rings (SSSR count). The summed E-state index contributed by atoms with van der Waals surface area (Å²) < 4.78 is 2.37. The zero-order valence-electron chi connectivity index (χ0n) is 11.8. The van der Waals surface area contributed by atoms with Crippen LogP contribution in [0.2, 0.25) is 0 Å². The number of aromatic nitrogens is 2. The number of halogens is 1. The van der Waals surface area contributed by atoms with Gasteiger partial charge >= 0.3 is 0 Å². The van der Waals surface area contributed by atoms with E-state index in [4.69, 9.17) is 16.6 Å². The van der Waals surface area contributed by atoms with Crippen LogP contribution in [0.4, 0.5) is 0 Å². The molecule has 104 valence electrons. The van der Waals surface area contributed by atoms with Gasteiger partial charge in [0.15, 0.2) is 0 Å². The summed E-state index contributed by atoms with van der Waals surface area (Å²) in [6.07, 6.45) is 4.15. The van der Waals surface area contributed by atoms with E-state index in [0.29, 0.717) is 11.9 Å². The average Bonchev–Trinajstić information content (AvgIpc) is 2.73. The van der Waals surface area contributed by atoms with Crippen LogP contribution < -0.4 is 0 Å². The zero-order valence-corrected chi connectivity index (χ0v) is 13.4. The van der Waals surface area contributed by atoms with E-state index < -0.39 is 0 Å². The number of alkyl halides is 1. The highest BCUT2D eigenvalue weighted by atomic mass is 35.5. The molecule has 0 saturated carbocycles. The SMILES string of the molecule is CSCCC(C)n1c(CCCl)nc2cc(C)ccc21. The van der Waals surface area contributed by atoms with Gasteiger partial charge in [-0.05, 0) is 50.0 Å². The molecule has 0 bridgehead atoms. The summed E-state index contributed by atoms with van der Waals surface area (Å²) in [6.45, 7) is 4.38. The van der Waals surface area contributed by atoms with Crippen LogP contribution in [0.15, 0.2) is 18.2 Å². The van der Waals surface area contributed by atoms with Crippen LogP contribution in [-0.2, 0) is 6.42 Å². The van der Waals surface area contributed by atoms with Gasteiger partial charge in [0, 0.05) is 18.3 Å². The minimum Gasteiger partial charge on any atom is -0.325 e. The summed E-state index contributed by atoms with van der Waals surface area (Å²) in [5.74, 6) is 2.91. The summed E-state index contributed by atoms with van der Waals surface area (Å²) >= 11 is 7.81. The molecule has 4 heteroatoms. The lowest BCUT2D eigenvalue weighted by atomic mass is 10.2. The van der Waals surface area contributed by atoms with Gasteiger partial charge in [-0.3, -0.25) is 0 Å². The number of benzene rings is 1. The largest absolute Gasteiger partial charge is 0.325 e. The van der Waals surface area contributed by atoms with Crippen LogP contribution >= 0.6 is 23.4 Å². The molecular weight excluding hydrogens is 276 g/mol. The predicted molar refractivity (Wildman–Crippen MR) is 86.6 cm³/mol. The Hall–Kier alpha value is -0.670. The molecule has 19 heavy (non-hydrogen) atoms. The first kappa shape index (κ1) is 14.7. The molecule has 0 aliphatic carbocycles. The number of thioether (sulfide) groups is 1. The fourth-order valence-corrected chi connectivity index (χ4v) is 3.17. The zero-order chi connectivity index (χ0) is 13.8. The first-order valence-electron chi connectivity index (χ1n) is 6.69. The van der Waals surface area contributed by atoms with E-state index in [9.17, 15) is 0 Å². The van der Waals surface area contributed by atoms with E-state index in [2.05, 4.69) is 42.9 Å². The third-order valence-electron chi connectivity index (χ3n) is 3.42. The van der Waals surface area contributed by atoms with Crippen LogP contribution in [0.25, 0.3) is 11.0 Å². The van der Waals surface area contributed by atoms with E-state index in [1.165, 1.54) is 16.8 Å². The lowest BCUT2D eigenvalue weighted by molar-refractivity contribution is 0.528. The molecule has 1 aromatic carbocycles. The van der Waals surface area contributed by atoms with Crippen molar-refractivity contribution in [1.29, 1.82) is 0 Å². The molecule has 0 saturated heterocycles. The summed E-state index contributed by atoms with van der Waals surface area (Å²) in [7, 11) is 0. The van der Waals surface area contributed by atoms with Gasteiger partial charge in [0.05, 0.1) is 11.0 Å². The van der Waals surface area contributed by atoms with E-state index >= 15 is 0 Å². The van der Waals surface area contributed by atoms with Crippen LogP contribution in [-0.4, -0.2) is 27.4 Å². The Balaban J connectivity index is 2.45. The van der Waals surface area contributed by atoms with Crippen molar-refractivity contribution in [2.24, 2.45) is 0 Å². The maximum Gasteiger partial charge on any atom is 0.111 e. The third kappa shape index (κ3) is 3.26. The molecule has 0 amide bonds. The smallest absolute Gasteiger partial charge is 0.111 e. The topological polar surface area (TPSA) is 17.8 Å². The second-order valence-corrected chi connectivity index (χ2v) is 6.32. The lowest BCUT2D eigenvalue weighted by Gasteiger charge is -2.17. The van der Waals surface area contributed by atoms with Crippen molar-refractivity contribution in [3.05, 3.63) is 29.6 Å². The van der Waals surface area contributed by atoms with Crippen molar-refractivity contribution in [2.75, 3.05) is 17.9 Å². The quantitative estimate of drug-likeness (QED) is 0.733. The molecule has 0 aliphatic rings. The maximum absolute atomic E-state index is 5.92. The number of hydrogen-bond acceptors (Lipinski definition) is 2. The molecule has 1 unspecified atom stereocenters. The highest BCUT2D eigenvalue weighted by molar-refractivity contribution is 7.98. The first-order chi connectivity index (χ1) is 9.17. The molecule has 0 spiro atoms. The van der Waals surface area contributed by atoms with Gasteiger partial charge in [-0.2, -0.15) is 11.8 Å². The molecule has 0 N–H and O–H groups in total. The molecule has 1 heterocycles. The Bertz CT molecular complexity index is 550. The monoisotopic (exact) mass is 296 g/mol. The highest BCUT2D eigenvalue weighted by Crippen LogP contribution is 2.25. The fourth-order valence-electron chi connectivity index (χ4n) is 2.43. The van der Waals surface area contributed by atoms with Gasteiger partial charge in [0.25, 0.3) is 0 Å². The van der Waals surface area contributed by atoms with Gasteiger partial charge < -0.3 is 4.57 Å². The van der Waals surface area contributed by atoms with Gasteiger partial charge in [0.1, 0.15) is 5.82 Å².